The van der Waals surface area contributed by atoms with E-state index in [1.807, 2.05) is 30.8 Å². The number of pyridine rings is 1. The fourth-order valence-corrected chi connectivity index (χ4v) is 2.18. The van der Waals surface area contributed by atoms with Crippen LogP contribution in [0.25, 0.3) is 11.3 Å². The first kappa shape index (κ1) is 14.7. The summed E-state index contributed by atoms with van der Waals surface area (Å²) >= 11 is 0. The van der Waals surface area contributed by atoms with Gasteiger partial charge in [0.25, 0.3) is 0 Å². The fourth-order valence-electron chi connectivity index (χ4n) is 2.18. The first-order chi connectivity index (χ1) is 9.56. The molecule has 1 N–H and O–H groups in total. The van der Waals surface area contributed by atoms with E-state index >= 15 is 0 Å². The zero-order chi connectivity index (χ0) is 14.5. The van der Waals surface area contributed by atoms with E-state index in [9.17, 15) is 5.11 Å². The quantitative estimate of drug-likeness (QED) is 0.871. The van der Waals surface area contributed by atoms with Crippen molar-refractivity contribution in [3.05, 3.63) is 36.3 Å². The molecule has 0 aromatic carbocycles. The number of aryl methyl sites for hydroxylation is 1. The molecule has 0 saturated carbocycles. The molecule has 20 heavy (non-hydrogen) atoms. The van der Waals surface area contributed by atoms with Crippen molar-refractivity contribution in [3.8, 4) is 11.3 Å². The molecular formula is C15H22N4O. The van der Waals surface area contributed by atoms with Crippen molar-refractivity contribution in [2.45, 2.75) is 26.0 Å². The lowest BCUT2D eigenvalue weighted by atomic mass is 10.1. The molecule has 1 atom stereocenters. The maximum Gasteiger partial charge on any atom is 0.0969 e. The van der Waals surface area contributed by atoms with Crippen LogP contribution in [0.5, 0.6) is 0 Å². The molecular weight excluding hydrogens is 252 g/mol. The summed E-state index contributed by atoms with van der Waals surface area (Å²) < 4.78 is 1.84. The van der Waals surface area contributed by atoms with Gasteiger partial charge >= 0.3 is 0 Å². The van der Waals surface area contributed by atoms with Crippen molar-refractivity contribution in [2.24, 2.45) is 7.05 Å². The second kappa shape index (κ2) is 6.63. The number of aliphatic hydroxyl groups is 1. The lowest BCUT2D eigenvalue weighted by Crippen LogP contribution is -2.22. The van der Waals surface area contributed by atoms with Gasteiger partial charge in [0.15, 0.2) is 0 Å². The van der Waals surface area contributed by atoms with E-state index < -0.39 is 0 Å². The van der Waals surface area contributed by atoms with Crippen molar-refractivity contribution in [2.75, 3.05) is 13.6 Å². The van der Waals surface area contributed by atoms with Gasteiger partial charge in [-0.3, -0.25) is 9.67 Å². The zero-order valence-corrected chi connectivity index (χ0v) is 12.3. The molecule has 2 heterocycles. The normalized spacial score (nSPS) is 12.8. The molecule has 5 nitrogen and oxygen atoms in total. The maximum atomic E-state index is 9.35. The molecule has 0 bridgehead atoms. The standard InChI is InChI=1S/C15H22N4O/c1-12(20)6-9-18(2)10-14-11-19(3)17-15(14)13-4-7-16-8-5-13/h4-5,7-8,11-12,20H,6,9-10H2,1-3H3. The Bertz CT molecular complexity index is 536. The predicted molar refractivity (Wildman–Crippen MR) is 79.1 cm³/mol. The first-order valence-electron chi connectivity index (χ1n) is 6.86. The van der Waals surface area contributed by atoms with Gasteiger partial charge in [-0.15, -0.1) is 0 Å². The van der Waals surface area contributed by atoms with Gasteiger partial charge in [-0.25, -0.2) is 0 Å². The lowest BCUT2D eigenvalue weighted by molar-refractivity contribution is 0.163. The second-order valence-corrected chi connectivity index (χ2v) is 5.29. The third-order valence-corrected chi connectivity index (χ3v) is 3.23. The van der Waals surface area contributed by atoms with E-state index in [1.54, 1.807) is 12.4 Å². The number of hydrogen-bond acceptors (Lipinski definition) is 4. The SMILES string of the molecule is CC(O)CCN(C)Cc1cn(C)nc1-c1ccncc1. The number of aliphatic hydroxyl groups excluding tert-OH is 1. The van der Waals surface area contributed by atoms with Gasteiger partial charge < -0.3 is 10.0 Å². The van der Waals surface area contributed by atoms with Gasteiger partial charge in [-0.2, -0.15) is 5.10 Å². The molecule has 0 aliphatic carbocycles. The van der Waals surface area contributed by atoms with Crippen LogP contribution < -0.4 is 0 Å². The van der Waals surface area contributed by atoms with Crippen LogP contribution in [0.2, 0.25) is 0 Å². The van der Waals surface area contributed by atoms with Gasteiger partial charge in [-0.1, -0.05) is 0 Å². The summed E-state index contributed by atoms with van der Waals surface area (Å²) in [5.41, 5.74) is 3.27. The number of rotatable bonds is 6. The van der Waals surface area contributed by atoms with Crippen LogP contribution in [0.3, 0.4) is 0 Å². The molecule has 0 radical (unpaired) electrons. The van der Waals surface area contributed by atoms with Crippen LogP contribution in [0.4, 0.5) is 0 Å². The summed E-state index contributed by atoms with van der Waals surface area (Å²) in [4.78, 5) is 6.25. The zero-order valence-electron chi connectivity index (χ0n) is 12.3. The van der Waals surface area contributed by atoms with Crippen molar-refractivity contribution in [3.63, 3.8) is 0 Å². The number of hydrogen-bond donors (Lipinski definition) is 1. The Balaban J connectivity index is 2.12. The maximum absolute atomic E-state index is 9.35. The highest BCUT2D eigenvalue weighted by atomic mass is 16.3. The molecule has 0 amide bonds. The molecule has 0 spiro atoms. The van der Waals surface area contributed by atoms with E-state index in [4.69, 9.17) is 0 Å². The van der Waals surface area contributed by atoms with Crippen LogP contribution in [0.15, 0.2) is 30.7 Å². The minimum atomic E-state index is -0.258. The van der Waals surface area contributed by atoms with Crippen molar-refractivity contribution >= 4 is 0 Å². The van der Waals surface area contributed by atoms with Gasteiger partial charge in [0.05, 0.1) is 11.8 Å². The summed E-state index contributed by atoms with van der Waals surface area (Å²) in [6, 6.07) is 3.95. The fraction of sp³-hybridized carbons (Fsp3) is 0.467. The van der Waals surface area contributed by atoms with Crippen LogP contribution >= 0.6 is 0 Å². The molecule has 0 aliphatic rings. The Hall–Kier alpha value is -1.72. The lowest BCUT2D eigenvalue weighted by Gasteiger charge is -2.17. The monoisotopic (exact) mass is 274 g/mol. The van der Waals surface area contributed by atoms with Gasteiger partial charge in [-0.05, 0) is 32.5 Å². The molecule has 2 aromatic rings. The van der Waals surface area contributed by atoms with Crippen molar-refractivity contribution in [1.82, 2.24) is 19.7 Å². The van der Waals surface area contributed by atoms with Gasteiger partial charge in [0.1, 0.15) is 0 Å². The van der Waals surface area contributed by atoms with Crippen LogP contribution in [0.1, 0.15) is 18.9 Å². The minimum Gasteiger partial charge on any atom is -0.393 e. The highest BCUT2D eigenvalue weighted by Gasteiger charge is 2.12. The molecule has 0 saturated heterocycles. The predicted octanol–water partition coefficient (Wildman–Crippen LogP) is 1.68. The highest BCUT2D eigenvalue weighted by Crippen LogP contribution is 2.22. The van der Waals surface area contributed by atoms with E-state index in [1.165, 1.54) is 5.56 Å². The van der Waals surface area contributed by atoms with Crippen LogP contribution in [-0.4, -0.2) is 44.5 Å². The average Bonchev–Trinajstić information content (AvgIpc) is 2.78. The van der Waals surface area contributed by atoms with E-state index in [0.29, 0.717) is 0 Å². The molecule has 1 unspecified atom stereocenters. The summed E-state index contributed by atoms with van der Waals surface area (Å²) in [5, 5.41) is 13.9. The first-order valence-corrected chi connectivity index (χ1v) is 6.86. The third kappa shape index (κ3) is 3.88. The van der Waals surface area contributed by atoms with E-state index in [-0.39, 0.29) is 6.10 Å². The second-order valence-electron chi connectivity index (χ2n) is 5.29. The van der Waals surface area contributed by atoms with Crippen LogP contribution in [-0.2, 0) is 13.6 Å². The third-order valence-electron chi connectivity index (χ3n) is 3.23. The van der Waals surface area contributed by atoms with Crippen molar-refractivity contribution < 1.29 is 5.11 Å². The topological polar surface area (TPSA) is 54.2 Å². The summed E-state index contributed by atoms with van der Waals surface area (Å²) in [6.45, 7) is 3.50. The average molecular weight is 274 g/mol. The van der Waals surface area contributed by atoms with Crippen LogP contribution in [0, 0.1) is 0 Å². The van der Waals surface area contributed by atoms with E-state index in [2.05, 4.69) is 28.2 Å². The molecule has 2 aromatic heterocycles. The molecule has 108 valence electrons. The summed E-state index contributed by atoms with van der Waals surface area (Å²) in [5.74, 6) is 0. The molecule has 0 fully saturated rings. The highest BCUT2D eigenvalue weighted by molar-refractivity contribution is 5.61. The number of nitrogens with zero attached hydrogens (tertiary/aromatic N) is 4. The summed E-state index contributed by atoms with van der Waals surface area (Å²) in [7, 11) is 4.00. The molecule has 5 heteroatoms. The summed E-state index contributed by atoms with van der Waals surface area (Å²) in [6.07, 6.45) is 6.14. The van der Waals surface area contributed by atoms with Gasteiger partial charge in [0.2, 0.25) is 0 Å². The van der Waals surface area contributed by atoms with Gasteiger partial charge in [0, 0.05) is 49.9 Å². The Kier molecular flexibility index (Phi) is 4.87. The largest absolute Gasteiger partial charge is 0.393 e. The Morgan fingerprint density at radius 2 is 2.05 bits per heavy atom. The van der Waals surface area contributed by atoms with E-state index in [0.717, 1.165) is 30.8 Å². The Labute approximate surface area is 119 Å². The number of aromatic nitrogens is 3. The molecule has 0 aliphatic heterocycles. The minimum absolute atomic E-state index is 0.258. The smallest absolute Gasteiger partial charge is 0.0969 e. The Morgan fingerprint density at radius 3 is 2.70 bits per heavy atom. The van der Waals surface area contributed by atoms with Crippen molar-refractivity contribution in [1.29, 1.82) is 0 Å². The Morgan fingerprint density at radius 1 is 1.35 bits per heavy atom. The molecule has 2 rings (SSSR count).